The van der Waals surface area contributed by atoms with E-state index in [1.165, 1.54) is 6.07 Å². The van der Waals surface area contributed by atoms with Gasteiger partial charge in [0.2, 0.25) is 0 Å². The summed E-state index contributed by atoms with van der Waals surface area (Å²) in [5.74, 6) is -2.03. The highest BCUT2D eigenvalue weighted by Crippen LogP contribution is 2.38. The summed E-state index contributed by atoms with van der Waals surface area (Å²) in [5, 5.41) is 9.99. The monoisotopic (exact) mass is 315 g/mol. The summed E-state index contributed by atoms with van der Waals surface area (Å²) in [6.45, 7) is 0.512. The molecule has 1 fully saturated rings. The molecule has 1 aromatic rings. The minimum Gasteiger partial charge on any atom is -0.506 e. The van der Waals surface area contributed by atoms with Crippen LogP contribution in [0.5, 0.6) is 5.75 Å². The SMILES string of the molecule is CN1CCc2cc(O)c(N3CC(=O)NS3(=O)=O)c(F)c2C1. The van der Waals surface area contributed by atoms with Crippen molar-refractivity contribution in [1.29, 1.82) is 0 Å². The number of rotatable bonds is 1. The number of likely N-dealkylation sites (N-methyl/N-ethyl adjacent to an activating group) is 1. The number of phenols is 1. The Balaban J connectivity index is 2.16. The highest BCUT2D eigenvalue weighted by Gasteiger charge is 2.38. The lowest BCUT2D eigenvalue weighted by Crippen LogP contribution is -2.32. The summed E-state index contributed by atoms with van der Waals surface area (Å²) in [6.07, 6.45) is 0.570. The maximum absolute atomic E-state index is 14.7. The molecule has 1 amide bonds. The summed E-state index contributed by atoms with van der Waals surface area (Å²) in [5.41, 5.74) is 0.538. The van der Waals surface area contributed by atoms with Gasteiger partial charge in [0.05, 0.1) is 0 Å². The fraction of sp³-hybridized carbons (Fsp3) is 0.417. The van der Waals surface area contributed by atoms with Gasteiger partial charge in [-0.15, -0.1) is 0 Å². The first-order valence-corrected chi connectivity index (χ1v) is 7.78. The average molecular weight is 315 g/mol. The van der Waals surface area contributed by atoms with Crippen LogP contribution in [-0.4, -0.2) is 44.5 Å². The van der Waals surface area contributed by atoms with Gasteiger partial charge in [-0.25, -0.2) is 13.4 Å². The number of carbonyl (C=O) groups is 1. The van der Waals surface area contributed by atoms with Gasteiger partial charge < -0.3 is 10.0 Å². The Bertz CT molecular complexity index is 735. The number of carbonyl (C=O) groups excluding carboxylic acids is 1. The topological polar surface area (TPSA) is 89.9 Å². The molecule has 0 unspecified atom stereocenters. The van der Waals surface area contributed by atoms with Crippen LogP contribution in [-0.2, 0) is 28.0 Å². The van der Waals surface area contributed by atoms with Crippen molar-refractivity contribution >= 4 is 21.8 Å². The standard InChI is InChI=1S/C12H14FN3O4S/c1-15-3-2-7-4-9(17)12(11(13)8(7)5-15)16-6-10(18)14-21(16,19)20/h4,17H,2-3,5-6H2,1H3,(H,14,18). The van der Waals surface area contributed by atoms with Gasteiger partial charge >= 0.3 is 10.2 Å². The third kappa shape index (κ3) is 2.22. The van der Waals surface area contributed by atoms with E-state index in [4.69, 9.17) is 0 Å². The molecule has 114 valence electrons. The van der Waals surface area contributed by atoms with Crippen LogP contribution in [0, 0.1) is 5.82 Å². The van der Waals surface area contributed by atoms with Crippen LogP contribution in [0.2, 0.25) is 0 Å². The zero-order valence-electron chi connectivity index (χ0n) is 11.3. The summed E-state index contributed by atoms with van der Waals surface area (Å²) in [6, 6.07) is 1.37. The van der Waals surface area contributed by atoms with Gasteiger partial charge in [0.15, 0.2) is 5.82 Å². The molecule has 1 aromatic carbocycles. The van der Waals surface area contributed by atoms with Crippen molar-refractivity contribution in [3.63, 3.8) is 0 Å². The van der Waals surface area contributed by atoms with Crippen molar-refractivity contribution in [1.82, 2.24) is 9.62 Å². The quantitative estimate of drug-likeness (QED) is 0.743. The number of halogens is 1. The second-order valence-electron chi connectivity index (χ2n) is 5.22. The van der Waals surface area contributed by atoms with Crippen LogP contribution in [0.15, 0.2) is 6.07 Å². The van der Waals surface area contributed by atoms with Crippen LogP contribution in [0.1, 0.15) is 11.1 Å². The van der Waals surface area contributed by atoms with E-state index in [9.17, 15) is 22.7 Å². The van der Waals surface area contributed by atoms with Crippen LogP contribution < -0.4 is 9.03 Å². The Morgan fingerprint density at radius 3 is 2.71 bits per heavy atom. The third-order valence-corrected chi connectivity index (χ3v) is 5.05. The van der Waals surface area contributed by atoms with E-state index in [0.717, 1.165) is 6.54 Å². The van der Waals surface area contributed by atoms with Gasteiger partial charge in [-0.2, -0.15) is 8.42 Å². The molecular formula is C12H14FN3O4S. The van der Waals surface area contributed by atoms with Crippen LogP contribution in [0.25, 0.3) is 0 Å². The Morgan fingerprint density at radius 1 is 1.38 bits per heavy atom. The molecule has 1 saturated heterocycles. The van der Waals surface area contributed by atoms with E-state index < -0.39 is 39.9 Å². The molecule has 21 heavy (non-hydrogen) atoms. The van der Waals surface area contributed by atoms with Gasteiger partial charge in [0.25, 0.3) is 5.91 Å². The highest BCUT2D eigenvalue weighted by molar-refractivity contribution is 7.92. The molecule has 7 nitrogen and oxygen atoms in total. The summed E-state index contributed by atoms with van der Waals surface area (Å²) in [4.78, 5) is 13.2. The molecule has 0 saturated carbocycles. The van der Waals surface area contributed by atoms with E-state index in [1.807, 2.05) is 11.9 Å². The first-order valence-electron chi connectivity index (χ1n) is 6.34. The minimum absolute atomic E-state index is 0.323. The number of anilines is 1. The lowest BCUT2D eigenvalue weighted by molar-refractivity contribution is -0.117. The molecule has 2 N–H and O–H groups in total. The smallest absolute Gasteiger partial charge is 0.326 e. The molecular weight excluding hydrogens is 301 g/mol. The molecule has 2 heterocycles. The van der Waals surface area contributed by atoms with Crippen molar-refractivity contribution < 1.29 is 22.7 Å². The second-order valence-corrected chi connectivity index (χ2v) is 6.82. The molecule has 9 heteroatoms. The number of hydrogen-bond donors (Lipinski definition) is 2. The number of benzene rings is 1. The fourth-order valence-electron chi connectivity index (χ4n) is 2.65. The molecule has 0 spiro atoms. The Hall–Kier alpha value is -1.87. The zero-order valence-corrected chi connectivity index (χ0v) is 12.1. The Labute approximate surface area is 121 Å². The third-order valence-electron chi connectivity index (χ3n) is 3.67. The van der Waals surface area contributed by atoms with E-state index >= 15 is 0 Å². The maximum atomic E-state index is 14.7. The summed E-state index contributed by atoms with van der Waals surface area (Å²) >= 11 is 0. The summed E-state index contributed by atoms with van der Waals surface area (Å²) < 4.78 is 40.6. The Kier molecular flexibility index (Phi) is 3.06. The van der Waals surface area contributed by atoms with Crippen molar-refractivity contribution in [2.45, 2.75) is 13.0 Å². The number of aromatic hydroxyl groups is 1. The number of nitrogens with one attached hydrogen (secondary N) is 1. The van der Waals surface area contributed by atoms with Crippen LogP contribution >= 0.6 is 0 Å². The minimum atomic E-state index is -4.15. The lowest BCUT2D eigenvalue weighted by Gasteiger charge is -2.28. The molecule has 0 aromatic heterocycles. The maximum Gasteiger partial charge on any atom is 0.326 e. The summed E-state index contributed by atoms with van der Waals surface area (Å²) in [7, 11) is -2.33. The van der Waals surface area contributed by atoms with Gasteiger partial charge in [-0.05, 0) is 25.1 Å². The molecule has 2 aliphatic heterocycles. The fourth-order valence-corrected chi connectivity index (χ4v) is 3.82. The largest absolute Gasteiger partial charge is 0.506 e. The highest BCUT2D eigenvalue weighted by atomic mass is 32.2. The average Bonchev–Trinajstić information content (AvgIpc) is 2.64. The molecule has 0 bridgehead atoms. The van der Waals surface area contributed by atoms with Crippen molar-refractivity contribution in [2.24, 2.45) is 0 Å². The van der Waals surface area contributed by atoms with Gasteiger partial charge in [0.1, 0.15) is 18.0 Å². The van der Waals surface area contributed by atoms with Crippen molar-refractivity contribution in [3.8, 4) is 5.75 Å². The van der Waals surface area contributed by atoms with E-state index in [-0.39, 0.29) is 0 Å². The van der Waals surface area contributed by atoms with Crippen molar-refractivity contribution in [3.05, 3.63) is 23.0 Å². The first-order chi connectivity index (χ1) is 9.79. The van der Waals surface area contributed by atoms with Gasteiger partial charge in [-0.3, -0.25) is 4.79 Å². The number of phenolic OH excluding ortho intramolecular Hbond substituents is 1. The zero-order chi connectivity index (χ0) is 15.4. The van der Waals surface area contributed by atoms with E-state index in [1.54, 1.807) is 4.72 Å². The molecule has 3 rings (SSSR count). The van der Waals surface area contributed by atoms with Gasteiger partial charge in [-0.1, -0.05) is 0 Å². The first kappa shape index (κ1) is 14.1. The number of hydrogen-bond acceptors (Lipinski definition) is 5. The Morgan fingerprint density at radius 2 is 2.10 bits per heavy atom. The normalized spacial score (nSPS) is 21.2. The van der Waals surface area contributed by atoms with Crippen LogP contribution in [0.3, 0.4) is 0 Å². The molecule has 2 aliphatic rings. The predicted octanol–water partition coefficient (Wildman–Crippen LogP) is -0.300. The molecule has 0 aliphatic carbocycles. The number of fused-ring (bicyclic) bond motifs is 1. The van der Waals surface area contributed by atoms with E-state index in [2.05, 4.69) is 0 Å². The second kappa shape index (κ2) is 4.57. The predicted molar refractivity (Wildman–Crippen MR) is 72.5 cm³/mol. The van der Waals surface area contributed by atoms with Gasteiger partial charge in [0, 0.05) is 18.7 Å². The number of nitrogens with zero attached hydrogens (tertiary/aromatic N) is 2. The molecule has 0 radical (unpaired) electrons. The molecule has 0 atom stereocenters. The van der Waals surface area contributed by atoms with Crippen molar-refractivity contribution in [2.75, 3.05) is 24.4 Å². The number of amides is 1. The van der Waals surface area contributed by atoms with Crippen LogP contribution in [0.4, 0.5) is 10.1 Å². The van der Waals surface area contributed by atoms with E-state index in [0.29, 0.717) is 28.4 Å². The lowest BCUT2D eigenvalue weighted by atomic mass is 9.98.